The summed E-state index contributed by atoms with van der Waals surface area (Å²) in [6, 6.07) is 3.04. The Morgan fingerprint density at radius 1 is 1.67 bits per heavy atom. The van der Waals surface area contributed by atoms with Crippen molar-refractivity contribution >= 4 is 28.0 Å². The maximum Gasteiger partial charge on any atom is 0.409 e. The summed E-state index contributed by atoms with van der Waals surface area (Å²) >= 11 is 3.03. The number of nitro groups is 1. The van der Waals surface area contributed by atoms with Gasteiger partial charge in [0.15, 0.2) is 4.67 Å². The number of ether oxygens (including phenoxy) is 1. The van der Waals surface area contributed by atoms with Crippen LogP contribution in [0.3, 0.4) is 0 Å². The van der Waals surface area contributed by atoms with E-state index >= 15 is 0 Å². The quantitative estimate of drug-likeness (QED) is 0.364. The number of nitrogens with zero attached hydrogens (tertiary/aromatic N) is 1. The molecule has 80 valence electrons. The molecular formula is C8H6BrNO5. The highest BCUT2D eigenvalue weighted by Gasteiger charge is 2.23. The summed E-state index contributed by atoms with van der Waals surface area (Å²) in [4.78, 5) is 20.6. The lowest BCUT2D eigenvalue weighted by atomic mass is 10.3. The highest BCUT2D eigenvalue weighted by Crippen LogP contribution is 2.17. The lowest BCUT2D eigenvalue weighted by Gasteiger charge is -1.94. The molecule has 0 aliphatic heterocycles. The van der Waals surface area contributed by atoms with E-state index in [2.05, 4.69) is 20.7 Å². The van der Waals surface area contributed by atoms with E-state index in [9.17, 15) is 14.9 Å². The minimum Gasteiger partial charge on any atom is -0.461 e. The molecule has 0 aromatic carbocycles. The summed E-state index contributed by atoms with van der Waals surface area (Å²) in [6.07, 6.45) is 0.997. The third kappa shape index (κ3) is 2.91. The number of hydrogen-bond donors (Lipinski definition) is 0. The van der Waals surface area contributed by atoms with Crippen molar-refractivity contribution in [1.82, 2.24) is 0 Å². The van der Waals surface area contributed by atoms with Gasteiger partial charge in [-0.3, -0.25) is 10.1 Å². The van der Waals surface area contributed by atoms with Gasteiger partial charge >= 0.3 is 11.7 Å². The third-order valence-corrected chi connectivity index (χ3v) is 1.89. The molecule has 0 saturated carbocycles. The zero-order valence-corrected chi connectivity index (χ0v) is 9.18. The second-order valence-corrected chi connectivity index (χ2v) is 3.20. The normalized spacial score (nSPS) is 11.2. The average Bonchev–Trinajstić information content (AvgIpc) is 2.59. The highest BCUT2D eigenvalue weighted by atomic mass is 79.9. The molecule has 1 aromatic rings. The van der Waals surface area contributed by atoms with E-state index in [1.54, 1.807) is 6.07 Å². The smallest absolute Gasteiger partial charge is 0.409 e. The van der Waals surface area contributed by atoms with Gasteiger partial charge < -0.3 is 9.15 Å². The SMILES string of the molecule is COC(=O)/C(=C\c1ccc(Br)o1)[N+](=O)[O-]. The number of rotatable bonds is 3. The van der Waals surface area contributed by atoms with Crippen LogP contribution < -0.4 is 0 Å². The van der Waals surface area contributed by atoms with Gasteiger partial charge in [-0.05, 0) is 28.1 Å². The molecule has 0 unspecified atom stereocenters. The zero-order valence-electron chi connectivity index (χ0n) is 7.60. The van der Waals surface area contributed by atoms with Gasteiger partial charge in [-0.15, -0.1) is 0 Å². The van der Waals surface area contributed by atoms with E-state index in [1.165, 1.54) is 6.07 Å². The lowest BCUT2D eigenvalue weighted by Crippen LogP contribution is -2.12. The Hall–Kier alpha value is -1.63. The van der Waals surface area contributed by atoms with E-state index in [0.717, 1.165) is 13.2 Å². The van der Waals surface area contributed by atoms with E-state index in [1.807, 2.05) is 0 Å². The van der Waals surface area contributed by atoms with Gasteiger partial charge in [0, 0.05) is 0 Å². The Morgan fingerprint density at radius 3 is 2.73 bits per heavy atom. The average molecular weight is 276 g/mol. The molecule has 1 aromatic heterocycles. The monoisotopic (exact) mass is 275 g/mol. The predicted octanol–water partition coefficient (Wildman–Crippen LogP) is 1.83. The van der Waals surface area contributed by atoms with Crippen molar-refractivity contribution in [1.29, 1.82) is 0 Å². The number of carbonyl (C=O) groups excluding carboxylic acids is 1. The summed E-state index contributed by atoms with van der Waals surface area (Å²) in [7, 11) is 1.07. The second kappa shape index (κ2) is 4.74. The van der Waals surface area contributed by atoms with Gasteiger partial charge in [0.25, 0.3) is 0 Å². The van der Waals surface area contributed by atoms with Crippen LogP contribution in [0.25, 0.3) is 6.08 Å². The van der Waals surface area contributed by atoms with E-state index in [4.69, 9.17) is 4.42 Å². The van der Waals surface area contributed by atoms with Crippen LogP contribution in [0, 0.1) is 10.1 Å². The Bertz CT molecular complexity index is 422. The molecular weight excluding hydrogens is 270 g/mol. The molecule has 0 radical (unpaired) electrons. The number of hydrogen-bond acceptors (Lipinski definition) is 5. The van der Waals surface area contributed by atoms with Crippen molar-refractivity contribution in [3.63, 3.8) is 0 Å². The summed E-state index contributed by atoms with van der Waals surface area (Å²) in [5.41, 5.74) is -0.681. The fraction of sp³-hybridized carbons (Fsp3) is 0.125. The van der Waals surface area contributed by atoms with Gasteiger partial charge in [-0.2, -0.15) is 0 Å². The minimum atomic E-state index is -1.02. The highest BCUT2D eigenvalue weighted by molar-refractivity contribution is 9.10. The van der Waals surface area contributed by atoms with Crippen molar-refractivity contribution in [3.8, 4) is 0 Å². The van der Waals surface area contributed by atoms with Crippen LogP contribution in [-0.2, 0) is 9.53 Å². The summed E-state index contributed by atoms with van der Waals surface area (Å²) in [6.45, 7) is 0. The van der Waals surface area contributed by atoms with Crippen LogP contribution in [0.1, 0.15) is 5.76 Å². The third-order valence-electron chi connectivity index (χ3n) is 1.46. The first-order valence-electron chi connectivity index (χ1n) is 3.74. The molecule has 0 N–H and O–H groups in total. The Morgan fingerprint density at radius 2 is 2.33 bits per heavy atom. The van der Waals surface area contributed by atoms with Gasteiger partial charge in [0.05, 0.1) is 18.1 Å². The number of methoxy groups -OCH3 is 1. The van der Waals surface area contributed by atoms with Gasteiger partial charge in [0.2, 0.25) is 0 Å². The number of carbonyl (C=O) groups is 1. The van der Waals surface area contributed by atoms with Gasteiger partial charge in [0.1, 0.15) is 5.76 Å². The van der Waals surface area contributed by atoms with Crippen molar-refractivity contribution in [3.05, 3.63) is 38.4 Å². The molecule has 0 spiro atoms. The first-order valence-corrected chi connectivity index (χ1v) is 4.53. The molecule has 1 heterocycles. The number of halogens is 1. The van der Waals surface area contributed by atoms with Crippen molar-refractivity contribution in [2.75, 3.05) is 7.11 Å². The molecule has 0 bridgehead atoms. The standard InChI is InChI=1S/C8H6BrNO5/c1-14-8(11)6(10(12)13)4-5-2-3-7(9)15-5/h2-4H,1H3/b6-4+. The topological polar surface area (TPSA) is 82.6 Å². The molecule has 15 heavy (non-hydrogen) atoms. The van der Waals surface area contributed by atoms with Crippen molar-refractivity contribution < 1.29 is 18.9 Å². The molecule has 6 nitrogen and oxygen atoms in total. The molecule has 1 rings (SSSR count). The first-order chi connectivity index (χ1) is 7.04. The van der Waals surface area contributed by atoms with Crippen LogP contribution in [0.2, 0.25) is 0 Å². The van der Waals surface area contributed by atoms with Crippen LogP contribution in [-0.4, -0.2) is 18.0 Å². The van der Waals surface area contributed by atoms with Gasteiger partial charge in [-0.1, -0.05) is 0 Å². The summed E-state index contributed by atoms with van der Waals surface area (Å²) in [5, 5.41) is 10.5. The van der Waals surface area contributed by atoms with E-state index in [-0.39, 0.29) is 5.76 Å². The fourth-order valence-corrected chi connectivity index (χ4v) is 1.15. The van der Waals surface area contributed by atoms with Crippen LogP contribution >= 0.6 is 15.9 Å². The molecule has 0 saturated heterocycles. The van der Waals surface area contributed by atoms with Crippen LogP contribution in [0.5, 0.6) is 0 Å². The first kappa shape index (κ1) is 11.4. The number of furan rings is 1. The molecule has 0 aliphatic carbocycles. The Labute approximate surface area is 92.8 Å². The predicted molar refractivity (Wildman–Crippen MR) is 53.4 cm³/mol. The molecule has 7 heteroatoms. The Balaban J connectivity index is 3.04. The maximum atomic E-state index is 11.0. The molecule has 0 atom stereocenters. The van der Waals surface area contributed by atoms with Gasteiger partial charge in [-0.25, -0.2) is 4.79 Å². The van der Waals surface area contributed by atoms with E-state index < -0.39 is 16.6 Å². The van der Waals surface area contributed by atoms with E-state index in [0.29, 0.717) is 4.67 Å². The summed E-state index contributed by atoms with van der Waals surface area (Å²) in [5.74, 6) is -0.827. The largest absolute Gasteiger partial charge is 0.461 e. The zero-order chi connectivity index (χ0) is 11.4. The minimum absolute atomic E-state index is 0.193. The summed E-state index contributed by atoms with van der Waals surface area (Å²) < 4.78 is 9.66. The van der Waals surface area contributed by atoms with Crippen LogP contribution in [0.15, 0.2) is 26.9 Å². The Kier molecular flexibility index (Phi) is 3.62. The van der Waals surface area contributed by atoms with Crippen molar-refractivity contribution in [2.45, 2.75) is 0 Å². The fourth-order valence-electron chi connectivity index (χ4n) is 0.831. The molecule has 0 fully saturated rings. The maximum absolute atomic E-state index is 11.0. The second-order valence-electron chi connectivity index (χ2n) is 2.42. The van der Waals surface area contributed by atoms with Crippen molar-refractivity contribution in [2.24, 2.45) is 0 Å². The number of esters is 1. The molecule has 0 aliphatic rings. The molecule has 0 amide bonds. The lowest BCUT2D eigenvalue weighted by molar-refractivity contribution is -0.419. The van der Waals surface area contributed by atoms with Crippen LogP contribution in [0.4, 0.5) is 0 Å².